The Hall–Kier alpha value is 0.400. The van der Waals surface area contributed by atoms with Gasteiger partial charge in [-0.2, -0.15) is 0 Å². The van der Waals surface area contributed by atoms with E-state index in [0.29, 0.717) is 8.95 Å². The van der Waals surface area contributed by atoms with Crippen molar-refractivity contribution < 1.29 is 4.39 Å². The van der Waals surface area contributed by atoms with Crippen molar-refractivity contribution in [3.63, 3.8) is 0 Å². The third-order valence-electron chi connectivity index (χ3n) is 1.28. The van der Waals surface area contributed by atoms with Crippen molar-refractivity contribution >= 4 is 43.5 Å². The maximum Gasteiger partial charge on any atom is 0.157 e. The molecule has 0 radical (unpaired) electrons. The van der Waals surface area contributed by atoms with Crippen molar-refractivity contribution in [2.75, 3.05) is 0 Å². The van der Waals surface area contributed by atoms with Gasteiger partial charge in [0.15, 0.2) is 5.82 Å². The van der Waals surface area contributed by atoms with E-state index in [4.69, 9.17) is 11.6 Å². The van der Waals surface area contributed by atoms with Gasteiger partial charge < -0.3 is 0 Å². The average Bonchev–Trinajstić information content (AvgIpc) is 1.97. The number of rotatable bonds is 0. The first-order valence-electron chi connectivity index (χ1n) is 2.83. The van der Waals surface area contributed by atoms with Gasteiger partial charge in [-0.1, -0.05) is 11.6 Å². The Bertz CT molecular complexity index is 273. The van der Waals surface area contributed by atoms with Gasteiger partial charge >= 0.3 is 0 Å². The summed E-state index contributed by atoms with van der Waals surface area (Å²) < 4.78 is 14.1. The second kappa shape index (κ2) is 3.42. The molecule has 1 aromatic carbocycles. The highest BCUT2D eigenvalue weighted by atomic mass is 79.9. The molecule has 0 atom stereocenters. The normalized spacial score (nSPS) is 10.3. The van der Waals surface area contributed by atoms with Gasteiger partial charge in [0.2, 0.25) is 0 Å². The molecule has 1 rings (SSSR count). The summed E-state index contributed by atoms with van der Waals surface area (Å²) >= 11 is 11.9. The monoisotopic (exact) mass is 300 g/mol. The Morgan fingerprint density at radius 3 is 2.55 bits per heavy atom. The van der Waals surface area contributed by atoms with Crippen LogP contribution in [0.25, 0.3) is 0 Å². The minimum Gasteiger partial charge on any atom is -0.204 e. The molecule has 0 saturated carbocycles. The smallest absolute Gasteiger partial charge is 0.157 e. The fraction of sp³-hybridized carbons (Fsp3) is 0.143. The first-order chi connectivity index (χ1) is 5.04. The number of hydrogen-bond acceptors (Lipinski definition) is 0. The van der Waals surface area contributed by atoms with Crippen LogP contribution in [0.3, 0.4) is 0 Å². The van der Waals surface area contributed by atoms with Crippen LogP contribution in [0.2, 0.25) is 5.02 Å². The van der Waals surface area contributed by atoms with Crippen LogP contribution in [-0.4, -0.2) is 0 Å². The summed E-state index contributed by atoms with van der Waals surface area (Å²) in [4.78, 5) is 0. The highest BCUT2D eigenvalue weighted by Crippen LogP contribution is 2.32. The van der Waals surface area contributed by atoms with Gasteiger partial charge in [0.1, 0.15) is 0 Å². The number of aryl methyl sites for hydroxylation is 1. The predicted molar refractivity (Wildman–Crippen MR) is 51.5 cm³/mol. The van der Waals surface area contributed by atoms with Gasteiger partial charge in [-0.25, -0.2) is 4.39 Å². The van der Waals surface area contributed by atoms with Gasteiger partial charge in [0.05, 0.1) is 9.50 Å². The summed E-state index contributed by atoms with van der Waals surface area (Å²) in [6.07, 6.45) is 0. The van der Waals surface area contributed by atoms with Crippen LogP contribution < -0.4 is 0 Å². The highest BCUT2D eigenvalue weighted by Gasteiger charge is 2.10. The maximum atomic E-state index is 13.0. The summed E-state index contributed by atoms with van der Waals surface area (Å²) in [5.41, 5.74) is 0.722. The molecule has 0 amide bonds. The van der Waals surface area contributed by atoms with Crippen LogP contribution in [-0.2, 0) is 0 Å². The molecule has 0 aliphatic rings. The molecule has 0 saturated heterocycles. The summed E-state index contributed by atoms with van der Waals surface area (Å²) in [7, 11) is 0. The third kappa shape index (κ3) is 1.76. The van der Waals surface area contributed by atoms with Crippen molar-refractivity contribution in [2.45, 2.75) is 6.92 Å². The lowest BCUT2D eigenvalue weighted by Crippen LogP contribution is -1.85. The van der Waals surface area contributed by atoms with Crippen molar-refractivity contribution in [1.29, 1.82) is 0 Å². The number of halogens is 4. The SMILES string of the molecule is Cc1cc(Br)c(Br)c(F)c1Cl. The summed E-state index contributed by atoms with van der Waals surface area (Å²) in [6, 6.07) is 1.76. The third-order valence-corrected chi connectivity index (χ3v) is 3.68. The van der Waals surface area contributed by atoms with Crippen LogP contribution in [0.5, 0.6) is 0 Å². The second-order valence-electron chi connectivity index (χ2n) is 2.12. The van der Waals surface area contributed by atoms with Crippen molar-refractivity contribution in [3.05, 3.63) is 31.4 Å². The van der Waals surface area contributed by atoms with E-state index in [1.165, 1.54) is 0 Å². The van der Waals surface area contributed by atoms with Gasteiger partial charge in [-0.05, 0) is 50.4 Å². The molecule has 0 aliphatic heterocycles. The number of hydrogen-bond donors (Lipinski definition) is 0. The van der Waals surface area contributed by atoms with E-state index in [2.05, 4.69) is 31.9 Å². The Morgan fingerprint density at radius 2 is 2.00 bits per heavy atom. The molecule has 0 spiro atoms. The summed E-state index contributed by atoms with van der Waals surface area (Å²) in [6.45, 7) is 1.75. The van der Waals surface area contributed by atoms with E-state index in [1.54, 1.807) is 13.0 Å². The highest BCUT2D eigenvalue weighted by molar-refractivity contribution is 9.13. The summed E-state index contributed by atoms with van der Waals surface area (Å²) in [5, 5.41) is 0.167. The molecule has 1 aromatic rings. The van der Waals surface area contributed by atoms with E-state index >= 15 is 0 Å². The standard InChI is InChI=1S/C7H4Br2ClF/c1-3-2-4(8)5(9)7(11)6(3)10/h2H,1H3. The minimum absolute atomic E-state index is 0.167. The molecular formula is C7H4Br2ClF. The molecule has 4 heteroatoms. The molecule has 0 heterocycles. The zero-order valence-electron chi connectivity index (χ0n) is 5.59. The van der Waals surface area contributed by atoms with Crippen LogP contribution in [0, 0.1) is 12.7 Å². The Labute approximate surface area is 86.0 Å². The van der Waals surface area contributed by atoms with E-state index in [1.807, 2.05) is 0 Å². The first kappa shape index (κ1) is 9.49. The Kier molecular flexibility index (Phi) is 2.95. The Balaban J connectivity index is 3.46. The lowest BCUT2D eigenvalue weighted by atomic mass is 10.2. The van der Waals surface area contributed by atoms with E-state index in [0.717, 1.165) is 5.56 Å². The topological polar surface area (TPSA) is 0 Å². The van der Waals surface area contributed by atoms with Crippen molar-refractivity contribution in [3.8, 4) is 0 Å². The van der Waals surface area contributed by atoms with Crippen LogP contribution in [0.15, 0.2) is 15.0 Å². The van der Waals surface area contributed by atoms with Crippen molar-refractivity contribution in [2.24, 2.45) is 0 Å². The van der Waals surface area contributed by atoms with E-state index in [9.17, 15) is 4.39 Å². The molecule has 0 nitrogen and oxygen atoms in total. The maximum absolute atomic E-state index is 13.0. The van der Waals surface area contributed by atoms with Crippen LogP contribution in [0.4, 0.5) is 4.39 Å². The molecule has 0 fully saturated rings. The van der Waals surface area contributed by atoms with Crippen LogP contribution in [0.1, 0.15) is 5.56 Å². The van der Waals surface area contributed by atoms with Crippen molar-refractivity contribution in [1.82, 2.24) is 0 Å². The van der Waals surface area contributed by atoms with Crippen LogP contribution >= 0.6 is 43.5 Å². The molecule has 0 N–H and O–H groups in total. The predicted octanol–water partition coefficient (Wildman–Crippen LogP) is 4.31. The average molecular weight is 302 g/mol. The molecule has 60 valence electrons. The van der Waals surface area contributed by atoms with Gasteiger partial charge in [0.25, 0.3) is 0 Å². The fourth-order valence-electron chi connectivity index (χ4n) is 0.691. The number of benzene rings is 1. The van der Waals surface area contributed by atoms with Gasteiger partial charge in [-0.15, -0.1) is 0 Å². The molecule has 0 aliphatic carbocycles. The molecule has 0 unspecified atom stereocenters. The lowest BCUT2D eigenvalue weighted by Gasteiger charge is -2.03. The quantitative estimate of drug-likeness (QED) is 0.495. The molecular weight excluding hydrogens is 298 g/mol. The zero-order valence-corrected chi connectivity index (χ0v) is 9.52. The van der Waals surface area contributed by atoms with E-state index in [-0.39, 0.29) is 5.02 Å². The first-order valence-corrected chi connectivity index (χ1v) is 4.80. The van der Waals surface area contributed by atoms with Gasteiger partial charge in [0, 0.05) is 4.47 Å². The Morgan fingerprint density at radius 1 is 1.45 bits per heavy atom. The molecule has 0 bridgehead atoms. The second-order valence-corrected chi connectivity index (χ2v) is 4.14. The minimum atomic E-state index is -0.418. The largest absolute Gasteiger partial charge is 0.204 e. The summed E-state index contributed by atoms with van der Waals surface area (Å²) in [5.74, 6) is -0.418. The van der Waals surface area contributed by atoms with Gasteiger partial charge in [-0.3, -0.25) is 0 Å². The lowest BCUT2D eigenvalue weighted by molar-refractivity contribution is 0.619. The van der Waals surface area contributed by atoms with E-state index < -0.39 is 5.82 Å². The molecule has 0 aromatic heterocycles. The fourth-order valence-corrected chi connectivity index (χ4v) is 1.78. The zero-order chi connectivity index (χ0) is 8.59. The molecule has 11 heavy (non-hydrogen) atoms.